The zero-order valence-electron chi connectivity index (χ0n) is 12.8. The van der Waals surface area contributed by atoms with Crippen molar-refractivity contribution in [1.82, 2.24) is 9.80 Å². The number of hydrogen-bond donors (Lipinski definition) is 1. The smallest absolute Gasteiger partial charge is 0.162 e. The van der Waals surface area contributed by atoms with E-state index in [4.69, 9.17) is 4.74 Å². The van der Waals surface area contributed by atoms with Gasteiger partial charge in [-0.15, -0.1) is 0 Å². The molecule has 0 amide bonds. The Kier molecular flexibility index (Phi) is 5.26. The van der Waals surface area contributed by atoms with Crippen molar-refractivity contribution in [2.45, 2.75) is 19.4 Å². The van der Waals surface area contributed by atoms with Crippen molar-refractivity contribution in [3.8, 4) is 11.5 Å². The maximum absolute atomic E-state index is 10.1. The van der Waals surface area contributed by atoms with Gasteiger partial charge in [0.1, 0.15) is 0 Å². The summed E-state index contributed by atoms with van der Waals surface area (Å²) in [6.07, 6.45) is 2.54. The first kappa shape index (κ1) is 15.1. The zero-order chi connectivity index (χ0) is 14.5. The van der Waals surface area contributed by atoms with Crippen molar-refractivity contribution in [3.63, 3.8) is 0 Å². The van der Waals surface area contributed by atoms with E-state index in [0.29, 0.717) is 5.75 Å². The molecule has 4 nitrogen and oxygen atoms in total. The predicted molar refractivity (Wildman–Crippen MR) is 81.2 cm³/mol. The number of phenols is 1. The van der Waals surface area contributed by atoms with Crippen LogP contribution in [0.4, 0.5) is 0 Å². The van der Waals surface area contributed by atoms with Crippen molar-refractivity contribution in [3.05, 3.63) is 23.8 Å². The normalized spacial score (nSPS) is 17.6. The molecule has 0 atom stereocenters. The number of likely N-dealkylation sites (tertiary alicyclic amines) is 1. The highest BCUT2D eigenvalue weighted by Crippen LogP contribution is 2.30. The molecule has 0 aliphatic carbocycles. The molecule has 0 unspecified atom stereocenters. The highest BCUT2D eigenvalue weighted by atomic mass is 16.5. The van der Waals surface area contributed by atoms with Crippen LogP contribution in [0.2, 0.25) is 0 Å². The molecule has 1 fully saturated rings. The van der Waals surface area contributed by atoms with Gasteiger partial charge in [-0.3, -0.25) is 0 Å². The van der Waals surface area contributed by atoms with Crippen LogP contribution in [0, 0.1) is 5.92 Å². The maximum Gasteiger partial charge on any atom is 0.162 e. The quantitative estimate of drug-likeness (QED) is 0.895. The fourth-order valence-electron chi connectivity index (χ4n) is 2.90. The minimum atomic E-state index is 0.269. The molecule has 1 saturated heterocycles. The van der Waals surface area contributed by atoms with E-state index in [9.17, 15) is 5.11 Å². The maximum atomic E-state index is 10.1. The van der Waals surface area contributed by atoms with E-state index < -0.39 is 0 Å². The molecule has 1 heterocycles. The second-order valence-electron chi connectivity index (χ2n) is 5.91. The topological polar surface area (TPSA) is 35.9 Å². The molecule has 0 spiro atoms. The van der Waals surface area contributed by atoms with Gasteiger partial charge >= 0.3 is 0 Å². The van der Waals surface area contributed by atoms with Crippen molar-refractivity contribution in [1.29, 1.82) is 0 Å². The van der Waals surface area contributed by atoms with E-state index in [1.165, 1.54) is 25.9 Å². The number of rotatable bonds is 5. The van der Waals surface area contributed by atoms with Gasteiger partial charge in [-0.25, -0.2) is 0 Å². The minimum Gasteiger partial charge on any atom is -0.504 e. The number of aromatic hydroxyl groups is 1. The van der Waals surface area contributed by atoms with Gasteiger partial charge < -0.3 is 19.6 Å². The van der Waals surface area contributed by atoms with Crippen LogP contribution in [0.15, 0.2) is 18.2 Å². The Morgan fingerprint density at radius 1 is 1.35 bits per heavy atom. The van der Waals surface area contributed by atoms with E-state index >= 15 is 0 Å². The summed E-state index contributed by atoms with van der Waals surface area (Å²) in [5, 5.41) is 10.1. The third-order valence-corrected chi connectivity index (χ3v) is 4.15. The predicted octanol–water partition coefficient (Wildman–Crippen LogP) is 2.17. The number of piperidine rings is 1. The van der Waals surface area contributed by atoms with Gasteiger partial charge in [0.2, 0.25) is 0 Å². The molecular weight excluding hydrogens is 252 g/mol. The summed E-state index contributed by atoms with van der Waals surface area (Å²) in [4.78, 5) is 4.69. The molecule has 1 aromatic rings. The van der Waals surface area contributed by atoms with Gasteiger partial charge in [-0.05, 0) is 52.0 Å². The Labute approximate surface area is 122 Å². The summed E-state index contributed by atoms with van der Waals surface area (Å²) >= 11 is 0. The Morgan fingerprint density at radius 3 is 2.70 bits per heavy atom. The molecule has 112 valence electrons. The number of phenolic OH excluding ortho intramolecular Hbond substituents is 1. The highest BCUT2D eigenvalue weighted by molar-refractivity contribution is 5.45. The van der Waals surface area contributed by atoms with Gasteiger partial charge in [0.05, 0.1) is 7.11 Å². The Morgan fingerprint density at radius 2 is 2.05 bits per heavy atom. The molecular formula is C16H26N2O2. The summed E-state index contributed by atoms with van der Waals surface area (Å²) in [6.45, 7) is 4.24. The van der Waals surface area contributed by atoms with Crippen LogP contribution in [0.25, 0.3) is 0 Å². The summed E-state index contributed by atoms with van der Waals surface area (Å²) in [7, 11) is 5.90. The largest absolute Gasteiger partial charge is 0.504 e. The lowest BCUT2D eigenvalue weighted by molar-refractivity contribution is 0.172. The van der Waals surface area contributed by atoms with E-state index in [2.05, 4.69) is 23.9 Å². The van der Waals surface area contributed by atoms with E-state index in [1.807, 2.05) is 12.1 Å². The summed E-state index contributed by atoms with van der Waals surface area (Å²) in [5.74, 6) is 1.59. The van der Waals surface area contributed by atoms with Crippen LogP contribution in [0.3, 0.4) is 0 Å². The van der Waals surface area contributed by atoms with Gasteiger partial charge in [0.15, 0.2) is 11.5 Å². The summed E-state index contributed by atoms with van der Waals surface area (Å²) in [5.41, 5.74) is 0.930. The first-order valence-corrected chi connectivity index (χ1v) is 7.32. The number of benzene rings is 1. The van der Waals surface area contributed by atoms with Crippen molar-refractivity contribution >= 4 is 0 Å². The van der Waals surface area contributed by atoms with Crippen molar-refractivity contribution in [2.24, 2.45) is 5.92 Å². The fourth-order valence-corrected chi connectivity index (χ4v) is 2.90. The molecule has 0 saturated carbocycles. The first-order valence-electron chi connectivity index (χ1n) is 7.32. The fraction of sp³-hybridized carbons (Fsp3) is 0.625. The van der Waals surface area contributed by atoms with Crippen LogP contribution in [0.5, 0.6) is 11.5 Å². The highest BCUT2D eigenvalue weighted by Gasteiger charge is 2.19. The lowest BCUT2D eigenvalue weighted by Crippen LogP contribution is -2.35. The molecule has 0 aromatic heterocycles. The molecule has 1 N–H and O–H groups in total. The molecule has 0 bridgehead atoms. The Bertz CT molecular complexity index is 428. The van der Waals surface area contributed by atoms with Crippen LogP contribution in [-0.2, 0) is 6.54 Å². The second kappa shape index (κ2) is 6.95. The molecule has 20 heavy (non-hydrogen) atoms. The molecule has 4 heteroatoms. The number of para-hydroxylation sites is 1. The summed E-state index contributed by atoms with van der Waals surface area (Å²) in [6, 6.07) is 5.68. The molecule has 1 aliphatic heterocycles. The third-order valence-electron chi connectivity index (χ3n) is 4.15. The SMILES string of the molecule is COc1cccc(CN(C)CC2CCN(C)CC2)c1O. The van der Waals surface area contributed by atoms with E-state index in [1.54, 1.807) is 13.2 Å². The molecule has 1 aliphatic rings. The number of hydrogen-bond acceptors (Lipinski definition) is 4. The minimum absolute atomic E-state index is 0.269. The number of nitrogens with zero attached hydrogens (tertiary/aromatic N) is 2. The second-order valence-corrected chi connectivity index (χ2v) is 5.91. The van der Waals surface area contributed by atoms with E-state index in [-0.39, 0.29) is 5.75 Å². The average molecular weight is 278 g/mol. The lowest BCUT2D eigenvalue weighted by atomic mass is 9.96. The Balaban J connectivity index is 1.89. The monoisotopic (exact) mass is 278 g/mol. The van der Waals surface area contributed by atoms with Crippen LogP contribution in [0.1, 0.15) is 18.4 Å². The molecule has 0 radical (unpaired) electrons. The Hall–Kier alpha value is -1.26. The van der Waals surface area contributed by atoms with Crippen LogP contribution < -0.4 is 4.74 Å². The number of methoxy groups -OCH3 is 1. The van der Waals surface area contributed by atoms with Crippen LogP contribution >= 0.6 is 0 Å². The molecule has 2 rings (SSSR count). The van der Waals surface area contributed by atoms with E-state index in [0.717, 1.165) is 24.6 Å². The molecule has 1 aromatic carbocycles. The van der Waals surface area contributed by atoms with Crippen molar-refractivity contribution in [2.75, 3.05) is 40.8 Å². The van der Waals surface area contributed by atoms with Gasteiger partial charge in [0, 0.05) is 18.7 Å². The van der Waals surface area contributed by atoms with Gasteiger partial charge in [-0.2, -0.15) is 0 Å². The third kappa shape index (κ3) is 3.87. The summed E-state index contributed by atoms with van der Waals surface area (Å²) < 4.78 is 5.15. The number of ether oxygens (including phenoxy) is 1. The first-order chi connectivity index (χ1) is 9.60. The van der Waals surface area contributed by atoms with Crippen LogP contribution in [-0.4, -0.2) is 55.7 Å². The van der Waals surface area contributed by atoms with Crippen molar-refractivity contribution < 1.29 is 9.84 Å². The van der Waals surface area contributed by atoms with Gasteiger partial charge in [-0.1, -0.05) is 12.1 Å². The van der Waals surface area contributed by atoms with Gasteiger partial charge in [0.25, 0.3) is 0 Å². The lowest BCUT2D eigenvalue weighted by Gasteiger charge is -2.31. The standard InChI is InChI=1S/C16H26N2O2/c1-17-9-7-13(8-10-17)11-18(2)12-14-5-4-6-15(20-3)16(14)19/h4-6,13,19H,7-12H2,1-3H3. The average Bonchev–Trinajstić information content (AvgIpc) is 2.44. The zero-order valence-corrected chi connectivity index (χ0v) is 12.8.